The number of benzene rings is 1. The minimum Gasteiger partial charge on any atom is -0.465 e. The Kier molecular flexibility index (Phi) is 4.46. The normalized spacial score (nSPS) is 22.3. The predicted octanol–water partition coefficient (Wildman–Crippen LogP) is 1.49. The maximum absolute atomic E-state index is 12.2. The number of nitrogens with zero attached hydrogens (tertiary/aromatic N) is 5. The van der Waals surface area contributed by atoms with Crippen LogP contribution in [-0.4, -0.2) is 48.0 Å². The van der Waals surface area contributed by atoms with Crippen LogP contribution in [0.15, 0.2) is 45.7 Å². The standard InChI is InChI=1S/C18H20N6O4/c1-23-16(19-21-22-23)18(10-12-5-3-2-4-6-12)11-13(7-8-24(18)17(26)27)14-9-15(25)20-28-14/h2-6,9,13H,7-8,10-11H2,1H3,(H,20,25)(H,26,27)/t13-,18-/m0/s1. The second-order valence-corrected chi connectivity index (χ2v) is 7.06. The van der Waals surface area contributed by atoms with Crippen LogP contribution in [0, 0.1) is 0 Å². The highest BCUT2D eigenvalue weighted by atomic mass is 16.5. The molecule has 10 nitrogen and oxygen atoms in total. The lowest BCUT2D eigenvalue weighted by Crippen LogP contribution is -2.56. The summed E-state index contributed by atoms with van der Waals surface area (Å²) in [6, 6.07) is 11.1. The van der Waals surface area contributed by atoms with Gasteiger partial charge in [-0.2, -0.15) is 5.16 Å². The van der Waals surface area contributed by atoms with Crippen LogP contribution in [-0.2, 0) is 19.0 Å². The fraction of sp³-hybridized carbons (Fsp3) is 0.389. The first-order valence-electron chi connectivity index (χ1n) is 8.95. The van der Waals surface area contributed by atoms with Gasteiger partial charge in [-0.05, 0) is 28.8 Å². The third-order valence-electron chi connectivity index (χ3n) is 5.35. The molecule has 10 heteroatoms. The molecule has 2 atom stereocenters. The van der Waals surface area contributed by atoms with Crippen molar-refractivity contribution in [3.05, 3.63) is 63.9 Å². The quantitative estimate of drug-likeness (QED) is 0.697. The number of carboxylic acid groups (broad SMARTS) is 1. The number of H-pyrrole nitrogens is 1. The van der Waals surface area contributed by atoms with E-state index in [0.29, 0.717) is 30.8 Å². The first kappa shape index (κ1) is 18.0. The highest BCUT2D eigenvalue weighted by Crippen LogP contribution is 2.45. The van der Waals surface area contributed by atoms with Crippen molar-refractivity contribution in [2.75, 3.05) is 6.54 Å². The van der Waals surface area contributed by atoms with Gasteiger partial charge in [0.2, 0.25) is 0 Å². The van der Waals surface area contributed by atoms with E-state index in [1.165, 1.54) is 15.6 Å². The Hall–Kier alpha value is -3.43. The van der Waals surface area contributed by atoms with Crippen molar-refractivity contribution < 1.29 is 14.4 Å². The molecule has 1 fully saturated rings. The number of rotatable bonds is 4. The fourth-order valence-corrected chi connectivity index (χ4v) is 4.15. The molecule has 3 heterocycles. The van der Waals surface area contributed by atoms with Crippen molar-refractivity contribution in [2.24, 2.45) is 7.05 Å². The maximum Gasteiger partial charge on any atom is 0.408 e. The molecular weight excluding hydrogens is 364 g/mol. The van der Waals surface area contributed by atoms with Crippen LogP contribution in [0.3, 0.4) is 0 Å². The van der Waals surface area contributed by atoms with Crippen LogP contribution in [0.5, 0.6) is 0 Å². The Morgan fingerprint density at radius 2 is 2.18 bits per heavy atom. The van der Waals surface area contributed by atoms with Crippen LogP contribution in [0.25, 0.3) is 0 Å². The molecule has 3 aromatic rings. The molecule has 1 aliphatic rings. The summed E-state index contributed by atoms with van der Waals surface area (Å²) in [4.78, 5) is 25.1. The van der Waals surface area contributed by atoms with E-state index in [-0.39, 0.29) is 18.0 Å². The van der Waals surface area contributed by atoms with Crippen LogP contribution >= 0.6 is 0 Å². The number of hydrogen-bond donors (Lipinski definition) is 2. The monoisotopic (exact) mass is 384 g/mol. The third kappa shape index (κ3) is 3.06. The summed E-state index contributed by atoms with van der Waals surface area (Å²) in [6.07, 6.45) is 0.297. The van der Waals surface area contributed by atoms with Crippen LogP contribution in [0.4, 0.5) is 4.79 Å². The Bertz CT molecular complexity index is 1030. The number of likely N-dealkylation sites (tertiary alicyclic amines) is 1. The Morgan fingerprint density at radius 3 is 2.79 bits per heavy atom. The number of aromatic amines is 1. The highest BCUT2D eigenvalue weighted by Gasteiger charge is 2.50. The molecule has 1 aromatic carbocycles. The summed E-state index contributed by atoms with van der Waals surface area (Å²) >= 11 is 0. The van der Waals surface area contributed by atoms with E-state index in [1.54, 1.807) is 7.05 Å². The van der Waals surface area contributed by atoms with E-state index in [0.717, 1.165) is 5.56 Å². The molecule has 1 saturated heterocycles. The van der Waals surface area contributed by atoms with Gasteiger partial charge >= 0.3 is 6.09 Å². The maximum atomic E-state index is 12.2. The molecule has 0 aliphatic carbocycles. The highest BCUT2D eigenvalue weighted by molar-refractivity contribution is 5.67. The van der Waals surface area contributed by atoms with Gasteiger partial charge in [-0.3, -0.25) is 9.69 Å². The summed E-state index contributed by atoms with van der Waals surface area (Å²) < 4.78 is 6.84. The van der Waals surface area contributed by atoms with E-state index in [4.69, 9.17) is 4.52 Å². The molecule has 1 aliphatic heterocycles. The fourth-order valence-electron chi connectivity index (χ4n) is 4.15. The summed E-state index contributed by atoms with van der Waals surface area (Å²) in [7, 11) is 1.70. The van der Waals surface area contributed by atoms with Gasteiger partial charge in [-0.1, -0.05) is 30.3 Å². The first-order chi connectivity index (χ1) is 13.5. The van der Waals surface area contributed by atoms with E-state index in [1.807, 2.05) is 30.3 Å². The molecule has 0 unspecified atom stereocenters. The van der Waals surface area contributed by atoms with Gasteiger partial charge in [0.05, 0.1) is 0 Å². The third-order valence-corrected chi connectivity index (χ3v) is 5.35. The number of piperidine rings is 1. The number of hydrogen-bond acceptors (Lipinski definition) is 6. The molecule has 0 saturated carbocycles. The lowest BCUT2D eigenvalue weighted by Gasteiger charge is -2.46. The molecule has 28 heavy (non-hydrogen) atoms. The lowest BCUT2D eigenvalue weighted by atomic mass is 9.75. The van der Waals surface area contributed by atoms with Gasteiger partial charge in [-0.15, -0.1) is 5.10 Å². The zero-order valence-corrected chi connectivity index (χ0v) is 15.3. The Labute approximate surface area is 159 Å². The Morgan fingerprint density at radius 1 is 1.39 bits per heavy atom. The van der Waals surface area contributed by atoms with Gasteiger partial charge in [-0.25, -0.2) is 9.48 Å². The van der Waals surface area contributed by atoms with E-state index in [2.05, 4.69) is 20.7 Å². The van der Waals surface area contributed by atoms with Crippen molar-refractivity contribution in [2.45, 2.75) is 30.7 Å². The average molecular weight is 384 g/mol. The minimum absolute atomic E-state index is 0.144. The summed E-state index contributed by atoms with van der Waals surface area (Å²) in [5.41, 5.74) is -0.345. The summed E-state index contributed by atoms with van der Waals surface area (Å²) in [5.74, 6) is 0.832. The van der Waals surface area contributed by atoms with Crippen molar-refractivity contribution in [3.8, 4) is 0 Å². The topological polar surface area (TPSA) is 130 Å². The lowest BCUT2D eigenvalue weighted by molar-refractivity contribution is 0.0247. The van der Waals surface area contributed by atoms with Crippen molar-refractivity contribution in [1.29, 1.82) is 0 Å². The molecule has 146 valence electrons. The number of aromatic nitrogens is 5. The zero-order chi connectivity index (χ0) is 19.7. The van der Waals surface area contributed by atoms with Crippen molar-refractivity contribution >= 4 is 6.09 Å². The second kappa shape index (κ2) is 6.95. The summed E-state index contributed by atoms with van der Waals surface area (Å²) in [5, 5.41) is 24.1. The number of aryl methyl sites for hydroxylation is 1. The van der Waals surface area contributed by atoms with Gasteiger partial charge < -0.3 is 9.63 Å². The molecule has 1 amide bonds. The van der Waals surface area contributed by atoms with Gasteiger partial charge in [0.15, 0.2) is 5.82 Å². The SMILES string of the molecule is Cn1nnnc1[C@]1(Cc2ccccc2)C[C@@H](c2cc(=O)[nH]o2)CCN1C(=O)O. The predicted molar refractivity (Wildman–Crippen MR) is 96.7 cm³/mol. The molecule has 0 spiro atoms. The smallest absolute Gasteiger partial charge is 0.408 e. The number of amides is 1. The van der Waals surface area contributed by atoms with Crippen molar-refractivity contribution in [3.63, 3.8) is 0 Å². The van der Waals surface area contributed by atoms with E-state index in [9.17, 15) is 14.7 Å². The molecule has 2 N–H and O–H groups in total. The van der Waals surface area contributed by atoms with Gasteiger partial charge in [0, 0.05) is 32.0 Å². The number of carbonyl (C=O) groups is 1. The van der Waals surface area contributed by atoms with Gasteiger partial charge in [0.25, 0.3) is 5.56 Å². The number of nitrogens with one attached hydrogen (secondary N) is 1. The molecule has 4 rings (SSSR count). The zero-order valence-electron chi connectivity index (χ0n) is 15.3. The summed E-state index contributed by atoms with van der Waals surface area (Å²) in [6.45, 7) is 0.272. The molecule has 0 bridgehead atoms. The Balaban J connectivity index is 1.84. The largest absolute Gasteiger partial charge is 0.465 e. The molecular formula is C18H20N6O4. The minimum atomic E-state index is -1.03. The van der Waals surface area contributed by atoms with Crippen LogP contribution < -0.4 is 5.56 Å². The van der Waals surface area contributed by atoms with Crippen molar-refractivity contribution in [1.82, 2.24) is 30.3 Å². The van der Waals surface area contributed by atoms with Gasteiger partial charge in [0.1, 0.15) is 11.3 Å². The molecule has 0 radical (unpaired) electrons. The number of tetrazole rings is 1. The second-order valence-electron chi connectivity index (χ2n) is 7.06. The van der Waals surface area contributed by atoms with Crippen LogP contribution in [0.1, 0.15) is 35.9 Å². The average Bonchev–Trinajstić information content (AvgIpc) is 3.31. The molecule has 2 aromatic heterocycles. The van der Waals surface area contributed by atoms with E-state index < -0.39 is 11.6 Å². The first-order valence-corrected chi connectivity index (χ1v) is 8.95. The van der Waals surface area contributed by atoms with Crippen LogP contribution in [0.2, 0.25) is 0 Å². The van der Waals surface area contributed by atoms with E-state index >= 15 is 0 Å².